The van der Waals surface area contributed by atoms with E-state index in [1.54, 1.807) is 0 Å². The van der Waals surface area contributed by atoms with E-state index >= 15 is 0 Å². The Morgan fingerprint density at radius 3 is 2.62 bits per heavy atom. The molecule has 3 fully saturated rings. The molecule has 0 aromatic carbocycles. The van der Waals surface area contributed by atoms with Crippen LogP contribution in [0.1, 0.15) is 71.6 Å². The Morgan fingerprint density at radius 1 is 1.17 bits per heavy atom. The van der Waals surface area contributed by atoms with Gasteiger partial charge in [0.1, 0.15) is 0 Å². The van der Waals surface area contributed by atoms with Crippen molar-refractivity contribution in [3.05, 3.63) is 12.2 Å². The number of hydrogen-bond acceptors (Lipinski definition) is 3. The smallest absolute Gasteiger partial charge is 0.0621 e. The first-order chi connectivity index (χ1) is 11.3. The molecule has 0 unspecified atom stereocenters. The van der Waals surface area contributed by atoms with Crippen molar-refractivity contribution in [2.75, 3.05) is 0 Å². The van der Waals surface area contributed by atoms with E-state index in [-0.39, 0.29) is 29.0 Å². The fourth-order valence-corrected chi connectivity index (χ4v) is 6.30. The van der Waals surface area contributed by atoms with Crippen molar-refractivity contribution in [1.29, 1.82) is 5.26 Å². The van der Waals surface area contributed by atoms with Gasteiger partial charge in [-0.1, -0.05) is 26.0 Å². The number of rotatable bonds is 3. The molecular formula is C21H33NO2. The monoisotopic (exact) mass is 331 g/mol. The Kier molecular flexibility index (Phi) is 4.84. The van der Waals surface area contributed by atoms with Gasteiger partial charge in [0.25, 0.3) is 0 Å². The van der Waals surface area contributed by atoms with Crippen LogP contribution >= 0.6 is 0 Å². The van der Waals surface area contributed by atoms with Gasteiger partial charge >= 0.3 is 0 Å². The molecule has 3 nitrogen and oxygen atoms in total. The molecule has 0 aromatic heterocycles. The van der Waals surface area contributed by atoms with Gasteiger partial charge in [-0.15, -0.1) is 0 Å². The summed E-state index contributed by atoms with van der Waals surface area (Å²) in [5.74, 6) is 0.969. The zero-order valence-corrected chi connectivity index (χ0v) is 15.3. The standard InChI is InChI=1S/C21H33NO2/c1-14-6-7-17-19(24)18(9-11-20(14,17)2)21(3)10-8-16(23)13-15(21)5-4-12-22/h15-19,23-24H,1,4-11,13H2,2-3H3/t15-,16-,17-,18-,19-,20+,21-/m0/s1. The van der Waals surface area contributed by atoms with Crippen molar-refractivity contribution in [3.63, 3.8) is 0 Å². The van der Waals surface area contributed by atoms with Gasteiger partial charge in [-0.25, -0.2) is 0 Å². The van der Waals surface area contributed by atoms with Crippen molar-refractivity contribution in [2.45, 2.75) is 83.8 Å². The minimum absolute atomic E-state index is 0.0424. The summed E-state index contributed by atoms with van der Waals surface area (Å²) in [4.78, 5) is 0. The molecule has 2 N–H and O–H groups in total. The van der Waals surface area contributed by atoms with Crippen molar-refractivity contribution >= 4 is 0 Å². The van der Waals surface area contributed by atoms with Crippen molar-refractivity contribution in [1.82, 2.24) is 0 Å². The number of fused-ring (bicyclic) bond motifs is 1. The van der Waals surface area contributed by atoms with Gasteiger partial charge in [0.05, 0.1) is 18.3 Å². The molecule has 3 aliphatic rings. The quantitative estimate of drug-likeness (QED) is 0.762. The number of aliphatic hydroxyl groups is 2. The highest BCUT2D eigenvalue weighted by molar-refractivity contribution is 5.21. The fraction of sp³-hybridized carbons (Fsp3) is 0.857. The molecule has 0 bridgehead atoms. The SMILES string of the molecule is C=C1CC[C@H]2[C@H](O)[C@@H]([C@@]3(C)CC[C@H](O)C[C@@H]3CCC#N)CC[C@]12C. The largest absolute Gasteiger partial charge is 0.393 e. The molecule has 24 heavy (non-hydrogen) atoms. The average molecular weight is 332 g/mol. The fourth-order valence-electron chi connectivity index (χ4n) is 6.30. The Balaban J connectivity index is 1.83. The lowest BCUT2D eigenvalue weighted by atomic mass is 9.51. The van der Waals surface area contributed by atoms with Crippen LogP contribution in [0.3, 0.4) is 0 Å². The van der Waals surface area contributed by atoms with Gasteiger partial charge in [0, 0.05) is 6.42 Å². The van der Waals surface area contributed by atoms with Gasteiger partial charge in [0.2, 0.25) is 0 Å². The maximum Gasteiger partial charge on any atom is 0.0621 e. The molecule has 0 spiro atoms. The molecule has 0 aromatic rings. The molecule has 0 saturated heterocycles. The first-order valence-corrected chi connectivity index (χ1v) is 9.74. The van der Waals surface area contributed by atoms with E-state index in [2.05, 4.69) is 26.5 Å². The molecule has 0 aliphatic heterocycles. The lowest BCUT2D eigenvalue weighted by Crippen LogP contribution is -2.52. The van der Waals surface area contributed by atoms with E-state index in [1.165, 1.54) is 5.57 Å². The number of nitrogens with zero attached hydrogens (tertiary/aromatic N) is 1. The molecule has 134 valence electrons. The number of nitriles is 1. The van der Waals surface area contributed by atoms with Gasteiger partial charge < -0.3 is 10.2 Å². The summed E-state index contributed by atoms with van der Waals surface area (Å²) in [7, 11) is 0. The summed E-state index contributed by atoms with van der Waals surface area (Å²) in [5.41, 5.74) is 1.49. The molecule has 3 rings (SSSR count). The van der Waals surface area contributed by atoms with E-state index in [1.807, 2.05) is 0 Å². The van der Waals surface area contributed by atoms with Crippen LogP contribution in [0.2, 0.25) is 0 Å². The second-order valence-electron chi connectivity index (χ2n) is 9.13. The van der Waals surface area contributed by atoms with Crippen LogP contribution in [-0.4, -0.2) is 22.4 Å². The summed E-state index contributed by atoms with van der Waals surface area (Å²) in [6, 6.07) is 2.27. The van der Waals surface area contributed by atoms with Crippen LogP contribution in [0.5, 0.6) is 0 Å². The molecule has 3 aliphatic carbocycles. The second kappa shape index (κ2) is 6.46. The highest BCUT2D eigenvalue weighted by Gasteiger charge is 2.56. The third-order valence-electron chi connectivity index (χ3n) is 8.14. The van der Waals surface area contributed by atoms with Gasteiger partial charge in [0.15, 0.2) is 0 Å². The van der Waals surface area contributed by atoms with Crippen molar-refractivity contribution in [3.8, 4) is 6.07 Å². The zero-order valence-electron chi connectivity index (χ0n) is 15.3. The third kappa shape index (κ3) is 2.72. The molecule has 3 saturated carbocycles. The highest BCUT2D eigenvalue weighted by Crippen LogP contribution is 2.61. The van der Waals surface area contributed by atoms with Gasteiger partial charge in [-0.3, -0.25) is 0 Å². The molecular weight excluding hydrogens is 298 g/mol. The van der Waals surface area contributed by atoms with Crippen molar-refractivity contribution in [2.24, 2.45) is 28.6 Å². The number of allylic oxidation sites excluding steroid dienone is 1. The van der Waals surface area contributed by atoms with Crippen LogP contribution < -0.4 is 0 Å². The van der Waals surface area contributed by atoms with E-state index < -0.39 is 0 Å². The summed E-state index contributed by atoms with van der Waals surface area (Å²) >= 11 is 0. The Hall–Kier alpha value is -0.850. The average Bonchev–Trinajstić information content (AvgIpc) is 2.85. The van der Waals surface area contributed by atoms with E-state index in [9.17, 15) is 10.2 Å². The molecule has 0 heterocycles. The number of hydrogen-bond donors (Lipinski definition) is 2. The minimum Gasteiger partial charge on any atom is -0.393 e. The maximum absolute atomic E-state index is 11.3. The van der Waals surface area contributed by atoms with E-state index in [0.29, 0.717) is 18.3 Å². The Labute approximate surface area is 146 Å². The van der Waals surface area contributed by atoms with E-state index in [4.69, 9.17) is 5.26 Å². The first kappa shape index (κ1) is 18.0. The normalized spacial score (nSPS) is 48.8. The van der Waals surface area contributed by atoms with Crippen LogP contribution in [0.25, 0.3) is 0 Å². The molecule has 0 radical (unpaired) electrons. The van der Waals surface area contributed by atoms with Gasteiger partial charge in [-0.2, -0.15) is 5.26 Å². The predicted molar refractivity (Wildman–Crippen MR) is 95.0 cm³/mol. The number of aliphatic hydroxyl groups excluding tert-OH is 2. The Bertz CT molecular complexity index is 538. The first-order valence-electron chi connectivity index (χ1n) is 9.74. The molecule has 0 amide bonds. The highest BCUT2D eigenvalue weighted by atomic mass is 16.3. The van der Waals surface area contributed by atoms with E-state index in [0.717, 1.165) is 51.4 Å². The summed E-state index contributed by atoms with van der Waals surface area (Å²) in [6.07, 6.45) is 7.77. The Morgan fingerprint density at radius 2 is 1.92 bits per heavy atom. The van der Waals surface area contributed by atoms with Crippen molar-refractivity contribution < 1.29 is 10.2 Å². The van der Waals surface area contributed by atoms with Gasteiger partial charge in [-0.05, 0) is 80.0 Å². The third-order valence-corrected chi connectivity index (χ3v) is 8.14. The second-order valence-corrected chi connectivity index (χ2v) is 9.13. The summed E-state index contributed by atoms with van der Waals surface area (Å²) < 4.78 is 0. The van der Waals surface area contributed by atoms with Crippen LogP contribution in [0.4, 0.5) is 0 Å². The summed E-state index contributed by atoms with van der Waals surface area (Å²) in [6.45, 7) is 8.90. The topological polar surface area (TPSA) is 64.2 Å². The van der Waals surface area contributed by atoms with Crippen LogP contribution in [0.15, 0.2) is 12.2 Å². The lowest BCUT2D eigenvalue weighted by molar-refractivity contribution is -0.120. The lowest BCUT2D eigenvalue weighted by Gasteiger charge is -2.55. The molecule has 7 atom stereocenters. The maximum atomic E-state index is 11.3. The van der Waals surface area contributed by atoms with Crippen LogP contribution in [-0.2, 0) is 0 Å². The van der Waals surface area contributed by atoms with Crippen LogP contribution in [0, 0.1) is 39.9 Å². The zero-order chi connectivity index (χ0) is 17.5. The molecule has 3 heteroatoms. The summed E-state index contributed by atoms with van der Waals surface area (Å²) in [5, 5.41) is 30.4. The minimum atomic E-state index is -0.271. The predicted octanol–water partition coefficient (Wildman–Crippen LogP) is 4.20.